The number of anilines is 2. The summed E-state index contributed by atoms with van der Waals surface area (Å²) in [4.78, 5) is 35.8. The number of rotatable bonds is 5. The van der Waals surface area contributed by atoms with Crippen LogP contribution in [0.4, 0.5) is 22.7 Å². The van der Waals surface area contributed by atoms with Gasteiger partial charge < -0.3 is 10.2 Å². The summed E-state index contributed by atoms with van der Waals surface area (Å²) in [7, 11) is 0. The Morgan fingerprint density at radius 3 is 2.52 bits per heavy atom. The number of nitrogens with zero attached hydrogens (tertiary/aromatic N) is 3. The molecule has 27 heavy (non-hydrogen) atoms. The van der Waals surface area contributed by atoms with E-state index in [1.165, 1.54) is 23.1 Å². The van der Waals surface area contributed by atoms with E-state index in [1.54, 1.807) is 18.2 Å². The predicted octanol–water partition coefficient (Wildman–Crippen LogP) is 3.28. The number of fused-ring (bicyclic) bond motifs is 1. The van der Waals surface area contributed by atoms with Gasteiger partial charge >= 0.3 is 0 Å². The molecule has 1 fully saturated rings. The molecule has 0 bridgehead atoms. The molecule has 0 radical (unpaired) electrons. The molecular formula is C18H16N4O5. The Balaban J connectivity index is 1.66. The van der Waals surface area contributed by atoms with Crippen molar-refractivity contribution in [3.05, 3.63) is 67.8 Å². The van der Waals surface area contributed by atoms with E-state index in [0.717, 1.165) is 18.4 Å². The van der Waals surface area contributed by atoms with Crippen LogP contribution in [-0.2, 0) is 6.42 Å². The summed E-state index contributed by atoms with van der Waals surface area (Å²) in [6.45, 7) is 0.380. The summed E-state index contributed by atoms with van der Waals surface area (Å²) in [6.07, 6.45) is 2.53. The molecule has 1 saturated carbocycles. The molecule has 2 aromatic carbocycles. The molecule has 4 rings (SSSR count). The van der Waals surface area contributed by atoms with Gasteiger partial charge in [-0.25, -0.2) is 0 Å². The summed E-state index contributed by atoms with van der Waals surface area (Å²) in [5.41, 5.74) is 1.67. The Hall–Kier alpha value is -3.49. The van der Waals surface area contributed by atoms with Gasteiger partial charge in [0.25, 0.3) is 17.3 Å². The van der Waals surface area contributed by atoms with Gasteiger partial charge in [-0.2, -0.15) is 0 Å². The van der Waals surface area contributed by atoms with Crippen LogP contribution in [-0.4, -0.2) is 28.3 Å². The molecule has 1 aliphatic carbocycles. The van der Waals surface area contributed by atoms with Crippen LogP contribution >= 0.6 is 0 Å². The summed E-state index contributed by atoms with van der Waals surface area (Å²) < 4.78 is 0. The minimum Gasteiger partial charge on any atom is -0.377 e. The summed E-state index contributed by atoms with van der Waals surface area (Å²) >= 11 is 0. The van der Waals surface area contributed by atoms with Crippen LogP contribution in [0.15, 0.2) is 36.4 Å². The van der Waals surface area contributed by atoms with Crippen molar-refractivity contribution in [2.24, 2.45) is 0 Å². The Labute approximate surface area is 153 Å². The Morgan fingerprint density at radius 1 is 1.07 bits per heavy atom. The summed E-state index contributed by atoms with van der Waals surface area (Å²) in [6, 6.07) is 9.04. The van der Waals surface area contributed by atoms with E-state index >= 15 is 0 Å². The number of nitro benzene ring substituents is 2. The number of benzene rings is 2. The van der Waals surface area contributed by atoms with Crippen LogP contribution in [0.3, 0.4) is 0 Å². The van der Waals surface area contributed by atoms with Gasteiger partial charge in [0.2, 0.25) is 0 Å². The standard InChI is InChI=1S/C18H16N4O5/c23-18(20-8-7-11-1-5-14(21(24)25)10-16(11)20)12-2-6-15(19-13-3-4-13)17(9-12)22(26)27/h1-2,5-6,9-10,13,19H,3-4,7-8H2. The average Bonchev–Trinajstić information content (AvgIpc) is 3.36. The highest BCUT2D eigenvalue weighted by Crippen LogP contribution is 2.35. The van der Waals surface area contributed by atoms with E-state index in [1.807, 2.05) is 0 Å². The fraction of sp³-hybridized carbons (Fsp3) is 0.278. The van der Waals surface area contributed by atoms with Gasteiger partial charge in [-0.05, 0) is 37.0 Å². The van der Waals surface area contributed by atoms with Crippen LogP contribution in [0.25, 0.3) is 0 Å². The number of carbonyl (C=O) groups is 1. The zero-order valence-corrected chi connectivity index (χ0v) is 14.3. The molecule has 1 heterocycles. The first-order valence-electron chi connectivity index (χ1n) is 8.58. The summed E-state index contributed by atoms with van der Waals surface area (Å²) in [5, 5.41) is 25.5. The van der Waals surface area contributed by atoms with E-state index in [2.05, 4.69) is 5.32 Å². The molecule has 0 aromatic heterocycles. The number of hydrogen-bond acceptors (Lipinski definition) is 6. The van der Waals surface area contributed by atoms with E-state index in [0.29, 0.717) is 24.3 Å². The SMILES string of the molecule is O=C(c1ccc(NC2CC2)c([N+](=O)[O-])c1)N1CCc2ccc([N+](=O)[O-])cc21. The van der Waals surface area contributed by atoms with Crippen molar-refractivity contribution in [2.45, 2.75) is 25.3 Å². The van der Waals surface area contributed by atoms with Crippen LogP contribution < -0.4 is 10.2 Å². The van der Waals surface area contributed by atoms with Crippen molar-refractivity contribution in [1.82, 2.24) is 0 Å². The number of nitrogens with one attached hydrogen (secondary N) is 1. The monoisotopic (exact) mass is 368 g/mol. The lowest BCUT2D eigenvalue weighted by Crippen LogP contribution is -2.29. The summed E-state index contributed by atoms with van der Waals surface area (Å²) in [5.74, 6) is -0.407. The molecule has 9 heteroatoms. The van der Waals surface area contributed by atoms with E-state index < -0.39 is 15.8 Å². The maximum absolute atomic E-state index is 12.9. The van der Waals surface area contributed by atoms with Gasteiger partial charge in [-0.15, -0.1) is 0 Å². The van der Waals surface area contributed by atoms with Crippen molar-refractivity contribution in [3.63, 3.8) is 0 Å². The first kappa shape index (κ1) is 17.0. The molecule has 0 unspecified atom stereocenters. The number of carbonyl (C=O) groups excluding carboxylic acids is 1. The first-order chi connectivity index (χ1) is 12.9. The smallest absolute Gasteiger partial charge is 0.293 e. The van der Waals surface area contributed by atoms with Crippen molar-refractivity contribution < 1.29 is 14.6 Å². The van der Waals surface area contributed by atoms with Crippen LogP contribution in [0, 0.1) is 20.2 Å². The molecule has 0 atom stereocenters. The zero-order chi connectivity index (χ0) is 19.1. The lowest BCUT2D eigenvalue weighted by atomic mass is 10.1. The van der Waals surface area contributed by atoms with Gasteiger partial charge in [0, 0.05) is 36.3 Å². The van der Waals surface area contributed by atoms with Crippen molar-refractivity contribution in [2.75, 3.05) is 16.8 Å². The second-order valence-electron chi connectivity index (χ2n) is 6.68. The van der Waals surface area contributed by atoms with Crippen molar-refractivity contribution >= 4 is 28.7 Å². The van der Waals surface area contributed by atoms with E-state index in [4.69, 9.17) is 0 Å². The van der Waals surface area contributed by atoms with Gasteiger partial charge in [0.1, 0.15) is 5.69 Å². The maximum atomic E-state index is 12.9. The molecule has 0 saturated heterocycles. The molecule has 1 N–H and O–H groups in total. The average molecular weight is 368 g/mol. The normalized spacial score (nSPS) is 15.3. The van der Waals surface area contributed by atoms with Gasteiger partial charge in [0.15, 0.2) is 0 Å². The molecule has 1 amide bonds. The zero-order valence-electron chi connectivity index (χ0n) is 14.3. The highest BCUT2D eigenvalue weighted by atomic mass is 16.6. The third kappa shape index (κ3) is 3.19. The van der Waals surface area contributed by atoms with Crippen LogP contribution in [0.1, 0.15) is 28.8 Å². The lowest BCUT2D eigenvalue weighted by Gasteiger charge is -2.17. The molecule has 2 aromatic rings. The second kappa shape index (κ2) is 6.35. The quantitative estimate of drug-likeness (QED) is 0.639. The molecular weight excluding hydrogens is 352 g/mol. The van der Waals surface area contributed by atoms with Gasteiger partial charge in [-0.3, -0.25) is 25.0 Å². The third-order valence-electron chi connectivity index (χ3n) is 4.80. The number of amides is 1. The van der Waals surface area contributed by atoms with Crippen molar-refractivity contribution in [3.8, 4) is 0 Å². The Kier molecular flexibility index (Phi) is 3.98. The molecule has 0 spiro atoms. The molecule has 2 aliphatic rings. The molecule has 9 nitrogen and oxygen atoms in total. The minimum atomic E-state index is -0.510. The van der Waals surface area contributed by atoms with E-state index in [-0.39, 0.29) is 23.0 Å². The minimum absolute atomic E-state index is 0.0941. The predicted molar refractivity (Wildman–Crippen MR) is 98.2 cm³/mol. The largest absolute Gasteiger partial charge is 0.377 e. The van der Waals surface area contributed by atoms with Gasteiger partial charge in [-0.1, -0.05) is 6.07 Å². The lowest BCUT2D eigenvalue weighted by molar-refractivity contribution is -0.384. The van der Waals surface area contributed by atoms with E-state index in [9.17, 15) is 25.0 Å². The Bertz CT molecular complexity index is 970. The topological polar surface area (TPSA) is 119 Å². The fourth-order valence-corrected chi connectivity index (χ4v) is 3.23. The number of nitro groups is 2. The fourth-order valence-electron chi connectivity index (χ4n) is 3.23. The second-order valence-corrected chi connectivity index (χ2v) is 6.68. The number of non-ortho nitro benzene ring substituents is 1. The molecule has 138 valence electrons. The molecule has 1 aliphatic heterocycles. The first-order valence-corrected chi connectivity index (χ1v) is 8.58. The third-order valence-corrected chi connectivity index (χ3v) is 4.80. The highest BCUT2D eigenvalue weighted by molar-refractivity contribution is 6.08. The van der Waals surface area contributed by atoms with Crippen LogP contribution in [0.2, 0.25) is 0 Å². The van der Waals surface area contributed by atoms with Gasteiger partial charge in [0.05, 0.1) is 15.5 Å². The highest BCUT2D eigenvalue weighted by Gasteiger charge is 2.30. The Morgan fingerprint density at radius 2 is 1.85 bits per heavy atom. The maximum Gasteiger partial charge on any atom is 0.293 e. The van der Waals surface area contributed by atoms with Crippen molar-refractivity contribution in [1.29, 1.82) is 0 Å². The number of hydrogen-bond donors (Lipinski definition) is 1. The van der Waals surface area contributed by atoms with Crippen LogP contribution in [0.5, 0.6) is 0 Å².